The number of anilines is 1. The smallest absolute Gasteiger partial charge is 0.226 e. The molecule has 0 aliphatic carbocycles. The molecule has 1 aromatic rings. The maximum absolute atomic E-state index is 11.2. The standard InChI is InChI=1S/C8H13N3OS/c1-2-3-10-7(12)4-6-5-13-8(9)11-6/h5H,2-4H2,1H3,(H2,9,11)(H,10,12). The predicted molar refractivity (Wildman–Crippen MR) is 53.5 cm³/mol. The summed E-state index contributed by atoms with van der Waals surface area (Å²) in [5, 5.41) is 5.09. The van der Waals surface area contributed by atoms with Crippen molar-refractivity contribution in [2.45, 2.75) is 19.8 Å². The van der Waals surface area contributed by atoms with Gasteiger partial charge in [-0.3, -0.25) is 4.79 Å². The molecule has 72 valence electrons. The fourth-order valence-corrected chi connectivity index (χ4v) is 1.46. The van der Waals surface area contributed by atoms with E-state index in [-0.39, 0.29) is 5.91 Å². The molecule has 0 fully saturated rings. The zero-order valence-corrected chi connectivity index (χ0v) is 8.36. The Morgan fingerprint density at radius 3 is 3.08 bits per heavy atom. The molecule has 0 bridgehead atoms. The van der Waals surface area contributed by atoms with Gasteiger partial charge in [0.2, 0.25) is 5.91 Å². The van der Waals surface area contributed by atoms with Crippen molar-refractivity contribution in [2.24, 2.45) is 0 Å². The first-order chi connectivity index (χ1) is 6.22. The van der Waals surface area contributed by atoms with Crippen LogP contribution in [0, 0.1) is 0 Å². The molecule has 0 radical (unpaired) electrons. The molecule has 4 nitrogen and oxygen atoms in total. The molecule has 0 aromatic carbocycles. The van der Waals surface area contributed by atoms with Gasteiger partial charge in [0.1, 0.15) is 0 Å². The Morgan fingerprint density at radius 1 is 1.77 bits per heavy atom. The lowest BCUT2D eigenvalue weighted by molar-refractivity contribution is -0.120. The minimum atomic E-state index is 0.00662. The van der Waals surface area contributed by atoms with Crippen LogP contribution in [0.4, 0.5) is 5.13 Å². The number of hydrogen-bond acceptors (Lipinski definition) is 4. The topological polar surface area (TPSA) is 68.0 Å². The summed E-state index contributed by atoms with van der Waals surface area (Å²) in [7, 11) is 0. The Morgan fingerprint density at radius 2 is 2.54 bits per heavy atom. The van der Waals surface area contributed by atoms with E-state index in [0.717, 1.165) is 18.7 Å². The SMILES string of the molecule is CCCNC(=O)Cc1csc(N)n1. The van der Waals surface area contributed by atoms with Crippen molar-refractivity contribution in [3.8, 4) is 0 Å². The van der Waals surface area contributed by atoms with E-state index in [4.69, 9.17) is 5.73 Å². The Bertz CT molecular complexity index is 285. The van der Waals surface area contributed by atoms with Gasteiger partial charge in [-0.2, -0.15) is 0 Å². The molecule has 13 heavy (non-hydrogen) atoms. The number of rotatable bonds is 4. The van der Waals surface area contributed by atoms with E-state index in [1.54, 1.807) is 5.38 Å². The Hall–Kier alpha value is -1.10. The van der Waals surface area contributed by atoms with E-state index < -0.39 is 0 Å². The van der Waals surface area contributed by atoms with E-state index in [1.807, 2.05) is 6.92 Å². The van der Waals surface area contributed by atoms with Crippen LogP contribution in [-0.2, 0) is 11.2 Å². The van der Waals surface area contributed by atoms with Gasteiger partial charge in [-0.25, -0.2) is 4.98 Å². The number of nitrogens with one attached hydrogen (secondary N) is 1. The second kappa shape index (κ2) is 4.81. The fourth-order valence-electron chi connectivity index (χ4n) is 0.895. The highest BCUT2D eigenvalue weighted by Gasteiger charge is 2.04. The monoisotopic (exact) mass is 199 g/mol. The minimum Gasteiger partial charge on any atom is -0.375 e. The van der Waals surface area contributed by atoms with Crippen molar-refractivity contribution in [3.63, 3.8) is 0 Å². The Labute approximate surface area is 81.2 Å². The summed E-state index contributed by atoms with van der Waals surface area (Å²) >= 11 is 1.36. The number of carbonyl (C=O) groups is 1. The van der Waals surface area contributed by atoms with E-state index in [2.05, 4.69) is 10.3 Å². The second-order valence-corrected chi connectivity index (χ2v) is 3.59. The molecule has 1 amide bonds. The summed E-state index contributed by atoms with van der Waals surface area (Å²) in [6, 6.07) is 0. The van der Waals surface area contributed by atoms with Crippen LogP contribution in [0.25, 0.3) is 0 Å². The first kappa shape index (κ1) is 9.98. The summed E-state index contributed by atoms with van der Waals surface area (Å²) in [5.74, 6) is 0.00662. The molecular weight excluding hydrogens is 186 g/mol. The molecule has 1 rings (SSSR count). The van der Waals surface area contributed by atoms with Gasteiger partial charge >= 0.3 is 0 Å². The maximum Gasteiger partial charge on any atom is 0.226 e. The van der Waals surface area contributed by atoms with Crippen LogP contribution in [0.1, 0.15) is 19.0 Å². The number of carbonyl (C=O) groups excluding carboxylic acids is 1. The average molecular weight is 199 g/mol. The summed E-state index contributed by atoms with van der Waals surface area (Å²) in [6.07, 6.45) is 1.28. The molecule has 0 spiro atoms. The average Bonchev–Trinajstić information content (AvgIpc) is 2.48. The Kier molecular flexibility index (Phi) is 3.70. The number of nitrogens with zero attached hydrogens (tertiary/aromatic N) is 1. The Balaban J connectivity index is 2.36. The van der Waals surface area contributed by atoms with Crippen molar-refractivity contribution >= 4 is 22.4 Å². The van der Waals surface area contributed by atoms with Crippen molar-refractivity contribution in [1.82, 2.24) is 10.3 Å². The van der Waals surface area contributed by atoms with E-state index in [9.17, 15) is 4.79 Å². The molecule has 1 heterocycles. The number of amides is 1. The van der Waals surface area contributed by atoms with Crippen molar-refractivity contribution in [1.29, 1.82) is 0 Å². The van der Waals surface area contributed by atoms with Crippen LogP contribution in [0.15, 0.2) is 5.38 Å². The lowest BCUT2D eigenvalue weighted by Crippen LogP contribution is -2.25. The van der Waals surface area contributed by atoms with Crippen LogP contribution in [-0.4, -0.2) is 17.4 Å². The van der Waals surface area contributed by atoms with Gasteiger partial charge in [-0.1, -0.05) is 6.92 Å². The molecule has 0 saturated carbocycles. The molecule has 3 N–H and O–H groups in total. The molecule has 0 unspecified atom stereocenters. The lowest BCUT2D eigenvalue weighted by atomic mass is 10.3. The number of aromatic nitrogens is 1. The van der Waals surface area contributed by atoms with Gasteiger partial charge in [-0.15, -0.1) is 11.3 Å². The zero-order valence-electron chi connectivity index (χ0n) is 7.54. The van der Waals surface area contributed by atoms with Gasteiger partial charge in [0.15, 0.2) is 5.13 Å². The highest BCUT2D eigenvalue weighted by atomic mass is 32.1. The fraction of sp³-hybridized carbons (Fsp3) is 0.500. The molecule has 0 atom stereocenters. The quantitative estimate of drug-likeness (QED) is 0.753. The van der Waals surface area contributed by atoms with Crippen LogP contribution < -0.4 is 11.1 Å². The zero-order chi connectivity index (χ0) is 9.68. The van der Waals surface area contributed by atoms with Gasteiger partial charge in [0.25, 0.3) is 0 Å². The van der Waals surface area contributed by atoms with E-state index in [1.165, 1.54) is 11.3 Å². The number of thiazole rings is 1. The van der Waals surface area contributed by atoms with Gasteiger partial charge in [0, 0.05) is 11.9 Å². The normalized spacial score (nSPS) is 9.92. The molecule has 0 saturated heterocycles. The third kappa shape index (κ3) is 3.42. The third-order valence-electron chi connectivity index (χ3n) is 1.48. The molecule has 0 aliphatic rings. The minimum absolute atomic E-state index is 0.00662. The van der Waals surface area contributed by atoms with Crippen molar-refractivity contribution < 1.29 is 4.79 Å². The molecule has 0 aliphatic heterocycles. The summed E-state index contributed by atoms with van der Waals surface area (Å²) in [5.41, 5.74) is 6.18. The van der Waals surface area contributed by atoms with E-state index in [0.29, 0.717) is 11.6 Å². The van der Waals surface area contributed by atoms with Gasteiger partial charge in [-0.05, 0) is 6.42 Å². The first-order valence-electron chi connectivity index (χ1n) is 4.19. The highest BCUT2D eigenvalue weighted by molar-refractivity contribution is 7.13. The summed E-state index contributed by atoms with van der Waals surface area (Å²) < 4.78 is 0. The van der Waals surface area contributed by atoms with Gasteiger partial charge < -0.3 is 11.1 Å². The molecular formula is C8H13N3OS. The maximum atomic E-state index is 11.2. The lowest BCUT2D eigenvalue weighted by Gasteiger charge is -2.00. The largest absolute Gasteiger partial charge is 0.375 e. The highest BCUT2D eigenvalue weighted by Crippen LogP contribution is 2.10. The molecule has 5 heteroatoms. The predicted octanol–water partition coefficient (Wildman–Crippen LogP) is 0.794. The third-order valence-corrected chi connectivity index (χ3v) is 2.21. The number of nitrogen functional groups attached to an aromatic ring is 1. The first-order valence-corrected chi connectivity index (χ1v) is 5.07. The van der Waals surface area contributed by atoms with Gasteiger partial charge in [0.05, 0.1) is 12.1 Å². The van der Waals surface area contributed by atoms with Crippen LogP contribution in [0.2, 0.25) is 0 Å². The van der Waals surface area contributed by atoms with Crippen molar-refractivity contribution in [2.75, 3.05) is 12.3 Å². The second-order valence-electron chi connectivity index (χ2n) is 2.70. The van der Waals surface area contributed by atoms with Crippen LogP contribution in [0.5, 0.6) is 0 Å². The van der Waals surface area contributed by atoms with Crippen LogP contribution in [0.3, 0.4) is 0 Å². The summed E-state index contributed by atoms with van der Waals surface area (Å²) in [6.45, 7) is 2.74. The molecule has 1 aromatic heterocycles. The van der Waals surface area contributed by atoms with Crippen molar-refractivity contribution in [3.05, 3.63) is 11.1 Å². The van der Waals surface area contributed by atoms with Crippen LogP contribution >= 0.6 is 11.3 Å². The number of hydrogen-bond donors (Lipinski definition) is 2. The number of nitrogens with two attached hydrogens (primary N) is 1. The summed E-state index contributed by atoms with van der Waals surface area (Å²) in [4.78, 5) is 15.2. The van der Waals surface area contributed by atoms with E-state index >= 15 is 0 Å².